The van der Waals surface area contributed by atoms with Crippen LogP contribution in [0.15, 0.2) is 66.7 Å². The SMILES string of the molecule is Cc1ccc(-c2nnc3ccccc3c2C(=O)Nc2ccc3c(c2)OCCO3)cc1. The molecule has 0 aliphatic carbocycles. The van der Waals surface area contributed by atoms with Gasteiger partial charge < -0.3 is 14.8 Å². The van der Waals surface area contributed by atoms with Gasteiger partial charge in [-0.3, -0.25) is 4.79 Å². The number of hydrogen-bond acceptors (Lipinski definition) is 5. The van der Waals surface area contributed by atoms with Crippen LogP contribution >= 0.6 is 0 Å². The van der Waals surface area contributed by atoms with Crippen molar-refractivity contribution in [3.05, 3.63) is 77.9 Å². The maximum atomic E-state index is 13.4. The van der Waals surface area contributed by atoms with Crippen molar-refractivity contribution in [3.8, 4) is 22.8 Å². The van der Waals surface area contributed by atoms with Gasteiger partial charge in [-0.05, 0) is 25.1 Å². The number of amides is 1. The van der Waals surface area contributed by atoms with Crippen LogP contribution in [0.3, 0.4) is 0 Å². The van der Waals surface area contributed by atoms with Crippen LogP contribution in [0.1, 0.15) is 15.9 Å². The molecule has 4 aromatic rings. The number of anilines is 1. The number of benzene rings is 3. The zero-order valence-electron chi connectivity index (χ0n) is 16.4. The Morgan fingerprint density at radius 1 is 0.900 bits per heavy atom. The molecule has 1 aliphatic heterocycles. The van der Waals surface area contributed by atoms with Crippen molar-refractivity contribution < 1.29 is 14.3 Å². The molecule has 1 aliphatic rings. The minimum Gasteiger partial charge on any atom is -0.486 e. The lowest BCUT2D eigenvalue weighted by Crippen LogP contribution is -2.17. The predicted molar refractivity (Wildman–Crippen MR) is 115 cm³/mol. The van der Waals surface area contributed by atoms with E-state index in [-0.39, 0.29) is 5.91 Å². The number of aromatic nitrogens is 2. The Labute approximate surface area is 173 Å². The third kappa shape index (κ3) is 3.33. The number of hydrogen-bond donors (Lipinski definition) is 1. The molecule has 0 saturated heterocycles. The first kappa shape index (κ1) is 18.1. The molecule has 6 nitrogen and oxygen atoms in total. The van der Waals surface area contributed by atoms with Gasteiger partial charge in [-0.15, -0.1) is 10.2 Å². The lowest BCUT2D eigenvalue weighted by molar-refractivity contribution is 0.102. The molecule has 0 atom stereocenters. The molecular formula is C24H19N3O3. The van der Waals surface area contributed by atoms with Gasteiger partial charge in [0.2, 0.25) is 0 Å². The van der Waals surface area contributed by atoms with E-state index in [1.165, 1.54) is 0 Å². The van der Waals surface area contributed by atoms with Gasteiger partial charge in [0.05, 0.1) is 11.1 Å². The maximum Gasteiger partial charge on any atom is 0.258 e. The van der Waals surface area contributed by atoms with Gasteiger partial charge in [0.15, 0.2) is 11.5 Å². The summed E-state index contributed by atoms with van der Waals surface area (Å²) in [6, 6.07) is 20.8. The minimum absolute atomic E-state index is 0.256. The predicted octanol–water partition coefficient (Wildman–Crippen LogP) is 4.63. The van der Waals surface area contributed by atoms with Crippen LogP contribution in [0.2, 0.25) is 0 Å². The number of nitrogens with zero attached hydrogens (tertiary/aromatic N) is 2. The summed E-state index contributed by atoms with van der Waals surface area (Å²) in [5, 5.41) is 12.4. The van der Waals surface area contributed by atoms with Crippen LogP contribution in [-0.4, -0.2) is 29.3 Å². The van der Waals surface area contributed by atoms with Gasteiger partial charge in [-0.1, -0.05) is 48.0 Å². The average Bonchev–Trinajstić information content (AvgIpc) is 2.78. The van der Waals surface area contributed by atoms with E-state index in [1.807, 2.05) is 55.5 Å². The third-order valence-electron chi connectivity index (χ3n) is 5.02. The summed E-state index contributed by atoms with van der Waals surface area (Å²) in [4.78, 5) is 13.4. The van der Waals surface area contributed by atoms with Crippen molar-refractivity contribution in [2.45, 2.75) is 6.92 Å². The van der Waals surface area contributed by atoms with E-state index in [9.17, 15) is 4.79 Å². The fourth-order valence-corrected chi connectivity index (χ4v) is 3.51. The number of nitrogens with one attached hydrogen (secondary N) is 1. The van der Waals surface area contributed by atoms with Crippen LogP contribution in [0.25, 0.3) is 22.2 Å². The zero-order chi connectivity index (χ0) is 20.5. The highest BCUT2D eigenvalue weighted by molar-refractivity contribution is 6.16. The summed E-state index contributed by atoms with van der Waals surface area (Å²) < 4.78 is 11.2. The number of aryl methyl sites for hydroxylation is 1. The van der Waals surface area contributed by atoms with E-state index in [0.717, 1.165) is 16.5 Å². The van der Waals surface area contributed by atoms with Crippen molar-refractivity contribution in [3.63, 3.8) is 0 Å². The first-order valence-corrected chi connectivity index (χ1v) is 9.72. The molecule has 30 heavy (non-hydrogen) atoms. The highest BCUT2D eigenvalue weighted by atomic mass is 16.6. The van der Waals surface area contributed by atoms with E-state index < -0.39 is 0 Å². The zero-order valence-corrected chi connectivity index (χ0v) is 16.4. The number of carbonyl (C=O) groups is 1. The highest BCUT2D eigenvalue weighted by Crippen LogP contribution is 2.33. The second kappa shape index (κ2) is 7.48. The molecule has 0 radical (unpaired) electrons. The molecule has 0 saturated carbocycles. The Hall–Kier alpha value is -3.93. The summed E-state index contributed by atoms with van der Waals surface area (Å²) in [5.74, 6) is 1.04. The highest BCUT2D eigenvalue weighted by Gasteiger charge is 2.20. The van der Waals surface area contributed by atoms with Crippen LogP contribution in [-0.2, 0) is 0 Å². The third-order valence-corrected chi connectivity index (χ3v) is 5.02. The van der Waals surface area contributed by atoms with E-state index in [2.05, 4.69) is 15.5 Å². The van der Waals surface area contributed by atoms with Crippen LogP contribution < -0.4 is 14.8 Å². The molecule has 3 aromatic carbocycles. The molecule has 0 spiro atoms. The summed E-state index contributed by atoms with van der Waals surface area (Å²) >= 11 is 0. The maximum absolute atomic E-state index is 13.4. The second-order valence-electron chi connectivity index (χ2n) is 7.12. The Bertz CT molecular complexity index is 1250. The largest absolute Gasteiger partial charge is 0.486 e. The fraction of sp³-hybridized carbons (Fsp3) is 0.125. The first-order valence-electron chi connectivity index (χ1n) is 9.72. The fourth-order valence-electron chi connectivity index (χ4n) is 3.51. The molecular weight excluding hydrogens is 378 g/mol. The van der Waals surface area contributed by atoms with Crippen LogP contribution in [0.4, 0.5) is 5.69 Å². The average molecular weight is 397 g/mol. The van der Waals surface area contributed by atoms with Crippen molar-refractivity contribution in [1.82, 2.24) is 10.2 Å². The standard InChI is InChI=1S/C24H19N3O3/c1-15-6-8-16(9-7-15)23-22(18-4-2-3-5-19(18)26-27-23)24(28)25-17-10-11-20-21(14-17)30-13-12-29-20/h2-11,14H,12-13H2,1H3,(H,25,28). The van der Waals surface area contributed by atoms with Crippen molar-refractivity contribution in [2.24, 2.45) is 0 Å². The minimum atomic E-state index is -0.256. The molecule has 148 valence electrons. The number of fused-ring (bicyclic) bond motifs is 2. The molecule has 0 unspecified atom stereocenters. The Kier molecular flexibility index (Phi) is 4.52. The van der Waals surface area contributed by atoms with Gasteiger partial charge in [0.25, 0.3) is 5.91 Å². The Balaban J connectivity index is 1.59. The number of rotatable bonds is 3. The summed E-state index contributed by atoms with van der Waals surface area (Å²) in [6.45, 7) is 3.03. The quantitative estimate of drug-likeness (QED) is 0.546. The lowest BCUT2D eigenvalue weighted by atomic mass is 10.0. The number of carbonyl (C=O) groups excluding carboxylic acids is 1. The number of ether oxygens (including phenoxy) is 2. The molecule has 1 N–H and O–H groups in total. The summed E-state index contributed by atoms with van der Waals surface area (Å²) in [6.07, 6.45) is 0. The molecule has 1 amide bonds. The molecule has 0 fully saturated rings. The smallest absolute Gasteiger partial charge is 0.258 e. The molecule has 5 rings (SSSR count). The van der Waals surface area contributed by atoms with Crippen molar-refractivity contribution in [1.29, 1.82) is 0 Å². The van der Waals surface area contributed by atoms with Gasteiger partial charge in [-0.2, -0.15) is 0 Å². The Morgan fingerprint density at radius 3 is 2.50 bits per heavy atom. The molecule has 0 bridgehead atoms. The van der Waals surface area contributed by atoms with Crippen molar-refractivity contribution >= 4 is 22.5 Å². The molecule has 1 aromatic heterocycles. The summed E-state index contributed by atoms with van der Waals surface area (Å²) in [5.41, 5.74) is 4.30. The molecule has 2 heterocycles. The Morgan fingerprint density at radius 2 is 1.67 bits per heavy atom. The summed E-state index contributed by atoms with van der Waals surface area (Å²) in [7, 11) is 0. The van der Waals surface area contributed by atoms with Crippen molar-refractivity contribution in [2.75, 3.05) is 18.5 Å². The van der Waals surface area contributed by atoms with Gasteiger partial charge in [-0.25, -0.2) is 0 Å². The molecule has 6 heteroatoms. The van der Waals surface area contributed by atoms with E-state index >= 15 is 0 Å². The van der Waals surface area contributed by atoms with Gasteiger partial charge >= 0.3 is 0 Å². The topological polar surface area (TPSA) is 73.3 Å². The van der Waals surface area contributed by atoms with Crippen LogP contribution in [0, 0.1) is 6.92 Å². The second-order valence-corrected chi connectivity index (χ2v) is 7.12. The van der Waals surface area contributed by atoms with Gasteiger partial charge in [0, 0.05) is 22.7 Å². The van der Waals surface area contributed by atoms with E-state index in [1.54, 1.807) is 18.2 Å². The van der Waals surface area contributed by atoms with E-state index in [0.29, 0.717) is 47.2 Å². The van der Waals surface area contributed by atoms with Gasteiger partial charge in [0.1, 0.15) is 18.9 Å². The van der Waals surface area contributed by atoms with E-state index in [4.69, 9.17) is 9.47 Å². The first-order chi connectivity index (χ1) is 14.7. The van der Waals surface area contributed by atoms with Crippen LogP contribution in [0.5, 0.6) is 11.5 Å². The lowest BCUT2D eigenvalue weighted by Gasteiger charge is -2.19. The monoisotopic (exact) mass is 397 g/mol. The normalized spacial score (nSPS) is 12.6.